The lowest BCUT2D eigenvalue weighted by Gasteiger charge is -2.02. The van der Waals surface area contributed by atoms with Crippen molar-refractivity contribution in [1.29, 1.82) is 0 Å². The van der Waals surface area contributed by atoms with Gasteiger partial charge in [0.15, 0.2) is 17.1 Å². The second-order valence-corrected chi connectivity index (χ2v) is 4.82. The number of hydrogen-bond donors (Lipinski definition) is 1. The number of fused-ring (bicyclic) bond motifs is 2. The molecule has 9 heteroatoms. The molecule has 0 unspecified atom stereocenters. The number of anilines is 1. The van der Waals surface area contributed by atoms with E-state index in [0.717, 1.165) is 10.9 Å². The predicted molar refractivity (Wildman–Crippen MR) is 78.7 cm³/mol. The maximum absolute atomic E-state index is 12.3. The molecule has 112 valence electrons. The number of nitrogens with one attached hydrogen (secondary N) is 1. The van der Waals surface area contributed by atoms with Crippen LogP contribution in [-0.2, 0) is 11.8 Å². The zero-order chi connectivity index (χ0) is 16.0. The van der Waals surface area contributed by atoms with Crippen molar-refractivity contribution in [3.63, 3.8) is 0 Å². The number of carbonyl (C=O) groups excluding carboxylic acids is 2. The summed E-state index contributed by atoms with van der Waals surface area (Å²) in [6, 6.07) is 1.53. The van der Waals surface area contributed by atoms with Crippen LogP contribution in [0.3, 0.4) is 0 Å². The topological polar surface area (TPSA) is 112 Å². The Morgan fingerprint density at radius 1 is 1.23 bits per heavy atom. The minimum Gasteiger partial charge on any atom is -0.309 e. The summed E-state index contributed by atoms with van der Waals surface area (Å²) in [4.78, 5) is 43.3. The molecule has 0 spiro atoms. The maximum atomic E-state index is 12.3. The third kappa shape index (κ3) is 2.03. The molecule has 0 bridgehead atoms. The number of rotatable bonds is 1. The van der Waals surface area contributed by atoms with Gasteiger partial charge in [0.25, 0.3) is 5.56 Å². The van der Waals surface area contributed by atoms with Gasteiger partial charge >= 0.3 is 0 Å². The average molecular weight is 300 g/mol. The van der Waals surface area contributed by atoms with E-state index in [-0.39, 0.29) is 16.9 Å². The van der Waals surface area contributed by atoms with E-state index in [1.165, 1.54) is 24.6 Å². The Hall–Kier alpha value is -3.10. The summed E-state index contributed by atoms with van der Waals surface area (Å²) < 4.78 is 2.39. The minimum absolute atomic E-state index is 0.185. The van der Waals surface area contributed by atoms with E-state index in [4.69, 9.17) is 0 Å². The molecule has 3 rings (SSSR count). The standard InChI is InChI=1S/C13H12N6O3/c1-6(20)15-11-8-4-9-10(16-12(8)18(3)17-11)14-5-19(7(2)21)13(9)22/h4-5H,1-3H3,(H,15,17,20). The molecular weight excluding hydrogens is 288 g/mol. The van der Waals surface area contributed by atoms with Crippen LogP contribution in [0.1, 0.15) is 18.6 Å². The third-order valence-corrected chi connectivity index (χ3v) is 3.17. The summed E-state index contributed by atoms with van der Waals surface area (Å²) in [5.41, 5.74) is 0.181. The van der Waals surface area contributed by atoms with Crippen LogP contribution in [-0.4, -0.2) is 36.1 Å². The summed E-state index contributed by atoms with van der Waals surface area (Å²) in [7, 11) is 1.67. The molecule has 9 nitrogen and oxygen atoms in total. The average Bonchev–Trinajstić information content (AvgIpc) is 2.73. The van der Waals surface area contributed by atoms with Gasteiger partial charge in [0.05, 0.1) is 10.8 Å². The molecule has 0 fully saturated rings. The molecule has 3 heterocycles. The zero-order valence-corrected chi connectivity index (χ0v) is 12.1. The van der Waals surface area contributed by atoms with Crippen molar-refractivity contribution in [3.05, 3.63) is 22.7 Å². The fourth-order valence-corrected chi connectivity index (χ4v) is 2.20. The highest BCUT2D eigenvalue weighted by molar-refractivity contribution is 6.01. The first-order chi connectivity index (χ1) is 10.4. The molecule has 1 N–H and O–H groups in total. The molecule has 0 atom stereocenters. The monoisotopic (exact) mass is 300 g/mol. The molecule has 1 amide bonds. The van der Waals surface area contributed by atoms with Gasteiger partial charge in [0.1, 0.15) is 6.33 Å². The fraction of sp³-hybridized carbons (Fsp3) is 0.231. The number of aromatic nitrogens is 5. The Kier molecular flexibility index (Phi) is 2.98. The molecule has 0 radical (unpaired) electrons. The second kappa shape index (κ2) is 4.72. The number of carbonyl (C=O) groups is 2. The number of pyridine rings is 1. The van der Waals surface area contributed by atoms with Crippen LogP contribution >= 0.6 is 0 Å². The largest absolute Gasteiger partial charge is 0.309 e. The molecule has 3 aromatic rings. The van der Waals surface area contributed by atoms with Gasteiger partial charge in [-0.1, -0.05) is 0 Å². The molecule has 0 aliphatic rings. The van der Waals surface area contributed by atoms with Gasteiger partial charge in [-0.15, -0.1) is 0 Å². The molecule has 0 saturated heterocycles. The van der Waals surface area contributed by atoms with E-state index in [1.807, 2.05) is 0 Å². The van der Waals surface area contributed by atoms with E-state index in [0.29, 0.717) is 16.9 Å². The van der Waals surface area contributed by atoms with Crippen molar-refractivity contribution in [3.8, 4) is 0 Å². The third-order valence-electron chi connectivity index (χ3n) is 3.17. The van der Waals surface area contributed by atoms with E-state index >= 15 is 0 Å². The molecule has 3 aromatic heterocycles. The molecular formula is C13H12N6O3. The van der Waals surface area contributed by atoms with Gasteiger partial charge in [-0.3, -0.25) is 14.4 Å². The summed E-state index contributed by atoms with van der Waals surface area (Å²) >= 11 is 0. The zero-order valence-electron chi connectivity index (χ0n) is 12.1. The van der Waals surface area contributed by atoms with Crippen LogP contribution in [0.25, 0.3) is 22.1 Å². The smallest absolute Gasteiger partial charge is 0.269 e. The van der Waals surface area contributed by atoms with E-state index in [9.17, 15) is 14.4 Å². The number of nitrogens with zero attached hydrogens (tertiary/aromatic N) is 5. The van der Waals surface area contributed by atoms with Crippen molar-refractivity contribution in [2.45, 2.75) is 13.8 Å². The quantitative estimate of drug-likeness (QED) is 0.691. The van der Waals surface area contributed by atoms with Crippen LogP contribution in [0.15, 0.2) is 17.2 Å². The highest BCUT2D eigenvalue weighted by atomic mass is 16.2. The SMILES string of the molecule is CC(=O)Nc1nn(C)c2nc3ncn(C(C)=O)c(=O)c3cc12. The lowest BCUT2D eigenvalue weighted by Crippen LogP contribution is -2.25. The van der Waals surface area contributed by atoms with Gasteiger partial charge in [-0.2, -0.15) is 5.10 Å². The van der Waals surface area contributed by atoms with Crippen molar-refractivity contribution in [1.82, 2.24) is 24.3 Å². The summed E-state index contributed by atoms with van der Waals surface area (Å²) in [5.74, 6) is -0.419. The minimum atomic E-state index is -0.510. The van der Waals surface area contributed by atoms with Gasteiger partial charge in [0.2, 0.25) is 11.8 Å². The predicted octanol–water partition coefficient (Wildman–Crippen LogP) is 0.297. The van der Waals surface area contributed by atoms with Gasteiger partial charge in [-0.25, -0.2) is 19.2 Å². The van der Waals surface area contributed by atoms with Crippen LogP contribution in [0, 0.1) is 0 Å². The summed E-state index contributed by atoms with van der Waals surface area (Å²) in [6.07, 6.45) is 1.15. The summed E-state index contributed by atoms with van der Waals surface area (Å²) in [6.45, 7) is 2.63. The van der Waals surface area contributed by atoms with Crippen LogP contribution < -0.4 is 10.9 Å². The molecule has 22 heavy (non-hydrogen) atoms. The van der Waals surface area contributed by atoms with Crippen molar-refractivity contribution >= 4 is 39.7 Å². The van der Waals surface area contributed by atoms with E-state index < -0.39 is 11.5 Å². The Labute approximate surface area is 123 Å². The number of hydrogen-bond acceptors (Lipinski definition) is 6. The Balaban J connectivity index is 2.39. The van der Waals surface area contributed by atoms with Gasteiger partial charge in [-0.05, 0) is 6.07 Å². The first kappa shape index (κ1) is 13.9. The van der Waals surface area contributed by atoms with Crippen molar-refractivity contribution < 1.29 is 9.59 Å². The maximum Gasteiger partial charge on any atom is 0.269 e. The number of amides is 1. The van der Waals surface area contributed by atoms with E-state index in [1.54, 1.807) is 7.05 Å². The number of aryl methyl sites for hydroxylation is 1. The first-order valence-corrected chi connectivity index (χ1v) is 6.42. The Bertz CT molecular complexity index is 1000. The highest BCUT2D eigenvalue weighted by Crippen LogP contribution is 2.23. The fourth-order valence-electron chi connectivity index (χ4n) is 2.20. The highest BCUT2D eigenvalue weighted by Gasteiger charge is 2.15. The summed E-state index contributed by atoms with van der Waals surface area (Å²) in [5, 5.41) is 7.43. The molecule has 0 aliphatic heterocycles. The normalized spacial score (nSPS) is 11.0. The Morgan fingerprint density at radius 2 is 1.95 bits per heavy atom. The first-order valence-electron chi connectivity index (χ1n) is 6.42. The molecule has 0 aromatic carbocycles. The lowest BCUT2D eigenvalue weighted by molar-refractivity contribution is -0.114. The van der Waals surface area contributed by atoms with Gasteiger partial charge in [0, 0.05) is 20.9 Å². The second-order valence-electron chi connectivity index (χ2n) is 4.82. The van der Waals surface area contributed by atoms with Crippen LogP contribution in [0.4, 0.5) is 5.82 Å². The van der Waals surface area contributed by atoms with Crippen molar-refractivity contribution in [2.75, 3.05) is 5.32 Å². The van der Waals surface area contributed by atoms with Crippen molar-refractivity contribution in [2.24, 2.45) is 7.05 Å². The van der Waals surface area contributed by atoms with Crippen LogP contribution in [0.2, 0.25) is 0 Å². The lowest BCUT2D eigenvalue weighted by atomic mass is 10.2. The Morgan fingerprint density at radius 3 is 2.59 bits per heavy atom. The van der Waals surface area contributed by atoms with Gasteiger partial charge < -0.3 is 5.32 Å². The van der Waals surface area contributed by atoms with Crippen LogP contribution in [0.5, 0.6) is 0 Å². The van der Waals surface area contributed by atoms with E-state index in [2.05, 4.69) is 20.4 Å². The molecule has 0 saturated carbocycles. The molecule has 0 aliphatic carbocycles.